The zero-order chi connectivity index (χ0) is 19.7. The van der Waals surface area contributed by atoms with E-state index in [1.807, 2.05) is 0 Å². The van der Waals surface area contributed by atoms with E-state index in [0.717, 1.165) is 0 Å². The van der Waals surface area contributed by atoms with Gasteiger partial charge in [-0.15, -0.1) is 0 Å². The van der Waals surface area contributed by atoms with E-state index in [1.165, 1.54) is 6.07 Å². The minimum absolute atomic E-state index is 0.0461. The molecule has 0 aliphatic heterocycles. The standard InChI is InChI=1S/C14H12Cl10O/c15-11(16,13(19,20)21)9-5-4-8(3-1-2-6-25)10(7-9)12(17,18)14(22,23)24/h4-5,7,25H,1-3,6H2. The molecule has 0 heterocycles. The van der Waals surface area contributed by atoms with Crippen molar-refractivity contribution >= 4 is 116 Å². The van der Waals surface area contributed by atoms with Gasteiger partial charge >= 0.3 is 0 Å². The maximum Gasteiger partial charge on any atom is 0.227 e. The van der Waals surface area contributed by atoms with E-state index >= 15 is 0 Å². The molecule has 1 nitrogen and oxygen atoms in total. The SMILES string of the molecule is OCCCCc1ccc(C(Cl)(Cl)C(Cl)(Cl)Cl)cc1C(Cl)(Cl)C(Cl)(Cl)Cl. The lowest BCUT2D eigenvalue weighted by atomic mass is 9.96. The molecule has 0 aromatic heterocycles. The van der Waals surface area contributed by atoms with Gasteiger partial charge in [-0.05, 0) is 42.0 Å². The lowest BCUT2D eigenvalue weighted by molar-refractivity contribution is 0.284. The molecule has 0 radical (unpaired) electrons. The first-order valence-electron chi connectivity index (χ1n) is 6.80. The Balaban J connectivity index is 3.49. The summed E-state index contributed by atoms with van der Waals surface area (Å²) in [7, 11) is 0. The number of unbranched alkanes of at least 4 members (excludes halogenated alkanes) is 1. The van der Waals surface area contributed by atoms with Crippen LogP contribution in [-0.4, -0.2) is 19.3 Å². The number of hydrogen-bond donors (Lipinski definition) is 1. The second-order valence-electron chi connectivity index (χ2n) is 5.20. The average molecular weight is 551 g/mol. The number of halogens is 10. The van der Waals surface area contributed by atoms with Crippen LogP contribution < -0.4 is 0 Å². The Morgan fingerprint density at radius 2 is 1.24 bits per heavy atom. The van der Waals surface area contributed by atoms with Gasteiger partial charge in [0.05, 0.1) is 0 Å². The zero-order valence-electron chi connectivity index (χ0n) is 12.3. The third kappa shape index (κ3) is 6.03. The van der Waals surface area contributed by atoms with Gasteiger partial charge < -0.3 is 5.11 Å². The highest BCUT2D eigenvalue weighted by Crippen LogP contribution is 2.57. The van der Waals surface area contributed by atoms with E-state index in [-0.39, 0.29) is 17.7 Å². The minimum atomic E-state index is -2.05. The summed E-state index contributed by atoms with van der Waals surface area (Å²) in [5.41, 5.74) is 1.17. The lowest BCUT2D eigenvalue weighted by Crippen LogP contribution is -2.32. The van der Waals surface area contributed by atoms with E-state index in [1.54, 1.807) is 12.1 Å². The van der Waals surface area contributed by atoms with Crippen LogP contribution in [0.5, 0.6) is 0 Å². The second kappa shape index (κ2) is 9.26. The van der Waals surface area contributed by atoms with Crippen LogP contribution in [0, 0.1) is 0 Å². The number of benzene rings is 1. The summed E-state index contributed by atoms with van der Waals surface area (Å²) in [4.78, 5) is 0. The molecular weight excluding hydrogens is 539 g/mol. The fourth-order valence-electron chi connectivity index (χ4n) is 2.03. The van der Waals surface area contributed by atoms with Gasteiger partial charge in [-0.3, -0.25) is 0 Å². The van der Waals surface area contributed by atoms with Gasteiger partial charge in [0, 0.05) is 6.61 Å². The first-order chi connectivity index (χ1) is 11.2. The van der Waals surface area contributed by atoms with Crippen LogP contribution in [-0.2, 0) is 15.1 Å². The lowest BCUT2D eigenvalue weighted by Gasteiger charge is -2.33. The van der Waals surface area contributed by atoms with Crippen LogP contribution in [0.2, 0.25) is 0 Å². The highest BCUT2D eigenvalue weighted by atomic mass is 35.6. The van der Waals surface area contributed by atoms with Gasteiger partial charge in [-0.2, -0.15) is 0 Å². The second-order valence-corrected chi connectivity index (χ2v) is 12.4. The van der Waals surface area contributed by atoms with Gasteiger partial charge in [0.2, 0.25) is 7.59 Å². The number of aliphatic hydroxyl groups excluding tert-OH is 1. The maximum atomic E-state index is 8.95. The van der Waals surface area contributed by atoms with Crippen LogP contribution in [0.4, 0.5) is 0 Å². The summed E-state index contributed by atoms with van der Waals surface area (Å²) in [6, 6.07) is 4.67. The molecule has 0 saturated carbocycles. The maximum absolute atomic E-state index is 8.95. The van der Waals surface area contributed by atoms with Crippen LogP contribution in [0.15, 0.2) is 18.2 Å². The van der Waals surface area contributed by atoms with Crippen molar-refractivity contribution in [3.05, 3.63) is 34.9 Å². The summed E-state index contributed by atoms with van der Waals surface area (Å²) < 4.78 is -7.90. The van der Waals surface area contributed by atoms with Gasteiger partial charge in [0.1, 0.15) is 0 Å². The topological polar surface area (TPSA) is 20.2 Å². The molecule has 1 rings (SSSR count). The Bertz CT molecular complexity index is 588. The van der Waals surface area contributed by atoms with Crippen molar-refractivity contribution in [1.82, 2.24) is 0 Å². The highest BCUT2D eigenvalue weighted by Gasteiger charge is 2.51. The molecule has 144 valence electrons. The summed E-state index contributed by atoms with van der Waals surface area (Å²) in [5.74, 6) is 0. The molecule has 1 N–H and O–H groups in total. The Morgan fingerprint density at radius 1 is 0.720 bits per heavy atom. The van der Waals surface area contributed by atoms with Gasteiger partial charge in [0.15, 0.2) is 8.67 Å². The Morgan fingerprint density at radius 3 is 1.68 bits per heavy atom. The highest BCUT2D eigenvalue weighted by molar-refractivity contribution is 6.76. The predicted molar refractivity (Wildman–Crippen MR) is 114 cm³/mol. The molecule has 0 unspecified atom stereocenters. The first-order valence-corrected chi connectivity index (χ1v) is 10.6. The molecule has 0 atom stereocenters. The average Bonchev–Trinajstić information content (AvgIpc) is 2.45. The molecule has 1 aromatic rings. The molecule has 1 aromatic carbocycles. The van der Waals surface area contributed by atoms with Crippen molar-refractivity contribution in [3.63, 3.8) is 0 Å². The Labute approximate surface area is 196 Å². The van der Waals surface area contributed by atoms with Crippen molar-refractivity contribution in [2.45, 2.75) is 35.5 Å². The number of alkyl halides is 10. The molecule has 0 amide bonds. The van der Waals surface area contributed by atoms with E-state index in [4.69, 9.17) is 121 Å². The van der Waals surface area contributed by atoms with Crippen molar-refractivity contribution in [3.8, 4) is 0 Å². The number of hydrogen-bond acceptors (Lipinski definition) is 1. The molecule has 0 bridgehead atoms. The molecule has 11 heteroatoms. The summed E-state index contributed by atoms with van der Waals surface area (Å²) >= 11 is 60.4. The van der Waals surface area contributed by atoms with Crippen LogP contribution in [0.3, 0.4) is 0 Å². The fourth-order valence-corrected chi connectivity index (χ4v) is 3.25. The summed E-state index contributed by atoms with van der Waals surface area (Å²) in [6.07, 6.45) is 1.75. The van der Waals surface area contributed by atoms with Crippen molar-refractivity contribution in [1.29, 1.82) is 0 Å². The van der Waals surface area contributed by atoms with E-state index < -0.39 is 16.3 Å². The van der Waals surface area contributed by atoms with E-state index in [9.17, 15) is 0 Å². The molecule has 25 heavy (non-hydrogen) atoms. The molecule has 0 fully saturated rings. The van der Waals surface area contributed by atoms with E-state index in [0.29, 0.717) is 24.8 Å². The third-order valence-corrected chi connectivity index (χ3v) is 8.22. The van der Waals surface area contributed by atoms with Gasteiger partial charge in [0.25, 0.3) is 0 Å². The first kappa shape index (κ1) is 25.1. The molecule has 0 aliphatic rings. The number of rotatable bonds is 6. The molecular formula is C14H12Cl10O. The number of aryl methyl sites for hydroxylation is 1. The monoisotopic (exact) mass is 546 g/mol. The van der Waals surface area contributed by atoms with Gasteiger partial charge in [-0.25, -0.2) is 0 Å². The zero-order valence-corrected chi connectivity index (χ0v) is 19.8. The largest absolute Gasteiger partial charge is 0.396 e. The normalized spacial score (nSPS) is 14.0. The van der Waals surface area contributed by atoms with Crippen LogP contribution in [0.1, 0.15) is 29.5 Å². The number of aliphatic hydroxyl groups is 1. The Hall–Kier alpha value is 2.08. The smallest absolute Gasteiger partial charge is 0.227 e. The summed E-state index contributed by atoms with van der Waals surface area (Å²) in [6.45, 7) is 0.0461. The summed E-state index contributed by atoms with van der Waals surface area (Å²) in [5, 5.41) is 8.95. The van der Waals surface area contributed by atoms with Crippen LogP contribution >= 0.6 is 116 Å². The van der Waals surface area contributed by atoms with Crippen molar-refractivity contribution < 1.29 is 5.11 Å². The van der Waals surface area contributed by atoms with Gasteiger partial charge in [-0.1, -0.05) is 128 Å². The Kier molecular flexibility index (Phi) is 9.31. The van der Waals surface area contributed by atoms with Crippen molar-refractivity contribution in [2.24, 2.45) is 0 Å². The van der Waals surface area contributed by atoms with Crippen molar-refractivity contribution in [2.75, 3.05) is 6.61 Å². The third-order valence-electron chi connectivity index (χ3n) is 3.38. The quantitative estimate of drug-likeness (QED) is 0.281. The molecule has 0 saturated heterocycles. The minimum Gasteiger partial charge on any atom is -0.396 e. The molecule has 0 aliphatic carbocycles. The van der Waals surface area contributed by atoms with E-state index in [2.05, 4.69) is 0 Å². The molecule has 0 spiro atoms. The fraction of sp³-hybridized carbons (Fsp3) is 0.571. The van der Waals surface area contributed by atoms with Crippen LogP contribution in [0.25, 0.3) is 0 Å². The predicted octanol–water partition coefficient (Wildman–Crippen LogP) is 8.00.